The third kappa shape index (κ3) is 4.27. The SMILES string of the molecule is CCN1C(=O)C2(/C(=C(\O)c3ccc(S(=O)(=O)N4CCCC4)cc3)C(=O)C(=O)N2CCN2CCOCC2)c2ccccc21. The van der Waals surface area contributed by atoms with E-state index < -0.39 is 38.9 Å². The number of morpholine rings is 1. The zero-order valence-corrected chi connectivity index (χ0v) is 24.3. The number of aliphatic hydroxyl groups is 1. The van der Waals surface area contributed by atoms with Crippen molar-refractivity contribution in [3.05, 3.63) is 65.2 Å². The minimum absolute atomic E-state index is 0.0704. The molecule has 0 radical (unpaired) electrons. The molecule has 4 heterocycles. The van der Waals surface area contributed by atoms with Gasteiger partial charge in [-0.15, -0.1) is 0 Å². The van der Waals surface area contributed by atoms with Gasteiger partial charge in [0.05, 0.1) is 29.4 Å². The van der Waals surface area contributed by atoms with Crippen molar-refractivity contribution in [1.29, 1.82) is 0 Å². The van der Waals surface area contributed by atoms with Crippen LogP contribution in [0.15, 0.2) is 59.0 Å². The predicted octanol–water partition coefficient (Wildman–Crippen LogP) is 1.75. The maximum atomic E-state index is 14.4. The van der Waals surface area contributed by atoms with E-state index in [2.05, 4.69) is 4.90 Å². The molecule has 3 saturated heterocycles. The van der Waals surface area contributed by atoms with E-state index in [0.717, 1.165) is 12.8 Å². The zero-order valence-electron chi connectivity index (χ0n) is 23.5. The van der Waals surface area contributed by atoms with E-state index in [1.165, 1.54) is 38.4 Å². The monoisotopic (exact) mass is 594 g/mol. The molecule has 2 aromatic rings. The van der Waals surface area contributed by atoms with E-state index >= 15 is 0 Å². The fourth-order valence-corrected chi connectivity index (χ4v) is 8.07. The Morgan fingerprint density at radius 1 is 0.929 bits per heavy atom. The normalized spacial score (nSPS) is 24.7. The van der Waals surface area contributed by atoms with Gasteiger partial charge in [0.15, 0.2) is 5.54 Å². The maximum absolute atomic E-state index is 14.4. The molecule has 2 amide bonds. The standard InChI is InChI=1S/C30H34N4O7S/c1-2-33-24-8-4-3-7-23(24)30(29(33)38)25(27(36)28(37)34(30)16-15-31-17-19-41-20-18-31)26(35)21-9-11-22(12-10-21)42(39,40)32-13-5-6-14-32/h3-4,7-12,35H,2,5-6,13-20H2,1H3/b26-25-. The smallest absolute Gasteiger partial charge is 0.296 e. The van der Waals surface area contributed by atoms with E-state index in [1.54, 1.807) is 24.3 Å². The molecule has 4 aliphatic heterocycles. The van der Waals surface area contributed by atoms with Gasteiger partial charge in [0, 0.05) is 56.9 Å². The topological polar surface area (TPSA) is 128 Å². The largest absolute Gasteiger partial charge is 0.507 e. The third-order valence-corrected chi connectivity index (χ3v) is 10.6. The summed E-state index contributed by atoms with van der Waals surface area (Å²) in [7, 11) is -3.70. The Balaban J connectivity index is 1.47. The Hall–Kier alpha value is -3.58. The van der Waals surface area contributed by atoms with Gasteiger partial charge in [-0.1, -0.05) is 18.2 Å². The molecule has 2 aromatic carbocycles. The van der Waals surface area contributed by atoms with Crippen molar-refractivity contribution in [2.45, 2.75) is 30.2 Å². The van der Waals surface area contributed by atoms with Crippen LogP contribution in [0.2, 0.25) is 0 Å². The molecule has 11 nitrogen and oxygen atoms in total. The number of Topliss-reactive ketones (excluding diaryl/α,β-unsaturated/α-hetero) is 1. The fourth-order valence-electron chi connectivity index (χ4n) is 6.55. The Morgan fingerprint density at radius 3 is 2.26 bits per heavy atom. The number of likely N-dealkylation sites (tertiary alicyclic amines) is 1. The van der Waals surface area contributed by atoms with Crippen LogP contribution >= 0.6 is 0 Å². The van der Waals surface area contributed by atoms with Crippen LogP contribution in [0.5, 0.6) is 0 Å². The number of hydrogen-bond donors (Lipinski definition) is 1. The molecule has 1 N–H and O–H groups in total. The molecule has 1 atom stereocenters. The number of likely N-dealkylation sites (N-methyl/N-ethyl adjacent to an activating group) is 1. The number of rotatable bonds is 7. The van der Waals surface area contributed by atoms with Gasteiger partial charge in [-0.2, -0.15) is 4.31 Å². The first-order valence-electron chi connectivity index (χ1n) is 14.3. The number of ether oxygens (including phenoxy) is 1. The first-order chi connectivity index (χ1) is 20.2. The first kappa shape index (κ1) is 28.5. The van der Waals surface area contributed by atoms with Crippen LogP contribution in [0.4, 0.5) is 5.69 Å². The minimum Gasteiger partial charge on any atom is -0.507 e. The number of ketones is 1. The van der Waals surface area contributed by atoms with Gasteiger partial charge in [-0.3, -0.25) is 19.3 Å². The lowest BCUT2D eigenvalue weighted by Gasteiger charge is -2.36. The van der Waals surface area contributed by atoms with Crippen molar-refractivity contribution in [3.63, 3.8) is 0 Å². The molecule has 0 aromatic heterocycles. The van der Waals surface area contributed by atoms with Gasteiger partial charge in [-0.25, -0.2) is 8.42 Å². The molecule has 0 saturated carbocycles. The Bertz CT molecular complexity index is 1560. The number of sulfonamides is 1. The number of carbonyl (C=O) groups excluding carboxylic acids is 3. The zero-order chi connectivity index (χ0) is 29.6. The lowest BCUT2D eigenvalue weighted by molar-refractivity contribution is -0.144. The summed E-state index contributed by atoms with van der Waals surface area (Å²) in [5, 5.41) is 11.7. The van der Waals surface area contributed by atoms with Crippen molar-refractivity contribution in [3.8, 4) is 0 Å². The summed E-state index contributed by atoms with van der Waals surface area (Å²) < 4.78 is 33.0. The predicted molar refractivity (Wildman–Crippen MR) is 154 cm³/mol. The average molecular weight is 595 g/mol. The number of benzene rings is 2. The van der Waals surface area contributed by atoms with E-state index in [1.807, 2.05) is 6.92 Å². The second-order valence-corrected chi connectivity index (χ2v) is 12.8. The number of fused-ring (bicyclic) bond motifs is 2. The van der Waals surface area contributed by atoms with Crippen molar-refractivity contribution >= 4 is 39.1 Å². The van der Waals surface area contributed by atoms with Crippen LogP contribution in [0.25, 0.3) is 5.76 Å². The van der Waals surface area contributed by atoms with Crippen LogP contribution in [0.1, 0.15) is 30.9 Å². The number of para-hydroxylation sites is 1. The van der Waals surface area contributed by atoms with Gasteiger partial charge >= 0.3 is 0 Å². The second kappa shape index (κ2) is 10.9. The van der Waals surface area contributed by atoms with Crippen LogP contribution < -0.4 is 4.90 Å². The highest BCUT2D eigenvalue weighted by Gasteiger charge is 2.66. The van der Waals surface area contributed by atoms with Crippen LogP contribution in [0, 0.1) is 0 Å². The lowest BCUT2D eigenvalue weighted by atomic mass is 9.82. The van der Waals surface area contributed by atoms with E-state index in [0.29, 0.717) is 63.7 Å². The van der Waals surface area contributed by atoms with Crippen molar-refractivity contribution in [2.75, 3.05) is 63.9 Å². The number of anilines is 1. The average Bonchev–Trinajstić information content (AvgIpc) is 3.70. The highest BCUT2D eigenvalue weighted by Crippen LogP contribution is 2.53. The number of carbonyl (C=O) groups is 3. The Morgan fingerprint density at radius 2 is 1.60 bits per heavy atom. The number of amides is 2. The van der Waals surface area contributed by atoms with E-state index in [-0.39, 0.29) is 22.6 Å². The number of hydrogen-bond acceptors (Lipinski definition) is 8. The highest BCUT2D eigenvalue weighted by atomic mass is 32.2. The lowest BCUT2D eigenvalue weighted by Crippen LogP contribution is -2.54. The highest BCUT2D eigenvalue weighted by molar-refractivity contribution is 7.89. The summed E-state index contributed by atoms with van der Waals surface area (Å²) in [5.41, 5.74) is -0.995. The Labute approximate surface area is 245 Å². The molecule has 3 fully saturated rings. The van der Waals surface area contributed by atoms with Crippen LogP contribution in [-0.4, -0.2) is 104 Å². The van der Waals surface area contributed by atoms with Crippen molar-refractivity contribution in [1.82, 2.24) is 14.1 Å². The summed E-state index contributed by atoms with van der Waals surface area (Å²) >= 11 is 0. The van der Waals surface area contributed by atoms with Crippen LogP contribution in [0.3, 0.4) is 0 Å². The molecule has 1 unspecified atom stereocenters. The molecule has 1 spiro atoms. The molecule has 222 valence electrons. The first-order valence-corrected chi connectivity index (χ1v) is 15.8. The number of nitrogens with zero attached hydrogens (tertiary/aromatic N) is 4. The summed E-state index contributed by atoms with van der Waals surface area (Å²) in [5.74, 6) is -2.82. The molecule has 0 bridgehead atoms. The molecule has 4 aliphatic rings. The van der Waals surface area contributed by atoms with E-state index in [4.69, 9.17) is 4.74 Å². The fraction of sp³-hybridized carbons (Fsp3) is 0.433. The summed E-state index contributed by atoms with van der Waals surface area (Å²) in [6.45, 7) is 5.96. The van der Waals surface area contributed by atoms with E-state index in [9.17, 15) is 27.9 Å². The molecule has 6 rings (SSSR count). The van der Waals surface area contributed by atoms with Gasteiger partial charge in [0.25, 0.3) is 17.6 Å². The van der Waals surface area contributed by atoms with Gasteiger partial charge in [0.1, 0.15) is 5.76 Å². The molecular formula is C30H34N4O7S. The Kier molecular flexibility index (Phi) is 7.42. The van der Waals surface area contributed by atoms with Crippen molar-refractivity contribution < 1.29 is 32.6 Å². The third-order valence-electron chi connectivity index (χ3n) is 8.70. The maximum Gasteiger partial charge on any atom is 0.296 e. The quantitative estimate of drug-likeness (QED) is 0.292. The van der Waals surface area contributed by atoms with Gasteiger partial charge in [-0.05, 0) is 50.1 Å². The molecule has 0 aliphatic carbocycles. The second-order valence-electron chi connectivity index (χ2n) is 10.9. The summed E-state index contributed by atoms with van der Waals surface area (Å²) in [6.07, 6.45) is 1.60. The van der Waals surface area contributed by atoms with Gasteiger partial charge < -0.3 is 19.6 Å². The molecule has 12 heteroatoms. The summed E-state index contributed by atoms with van der Waals surface area (Å²) in [4.78, 5) is 46.9. The number of aliphatic hydroxyl groups excluding tert-OH is 1. The van der Waals surface area contributed by atoms with Crippen molar-refractivity contribution in [2.24, 2.45) is 0 Å². The van der Waals surface area contributed by atoms with Gasteiger partial charge in [0.2, 0.25) is 10.0 Å². The molecule has 42 heavy (non-hydrogen) atoms. The van der Waals surface area contributed by atoms with Crippen LogP contribution in [-0.2, 0) is 34.7 Å². The minimum atomic E-state index is -3.70. The molecular weight excluding hydrogens is 560 g/mol. The summed E-state index contributed by atoms with van der Waals surface area (Å²) in [6, 6.07) is 12.6.